The van der Waals surface area contributed by atoms with Crippen LogP contribution in [0.2, 0.25) is 5.02 Å². The summed E-state index contributed by atoms with van der Waals surface area (Å²) in [5.41, 5.74) is 0. The molecule has 20 heavy (non-hydrogen) atoms. The van der Waals surface area contributed by atoms with Gasteiger partial charge in [0.2, 0.25) is 5.91 Å². The fraction of sp³-hybridized carbons (Fsp3) is 0.562. The van der Waals surface area contributed by atoms with Crippen LogP contribution in [-0.2, 0) is 4.79 Å². The van der Waals surface area contributed by atoms with Crippen LogP contribution in [0.4, 0.5) is 0 Å². The Kier molecular flexibility index (Phi) is 5.72. The molecule has 110 valence electrons. The molecule has 1 aliphatic rings. The molecule has 0 aliphatic carbocycles. The molecule has 1 aromatic rings. The number of hydrogen-bond donors (Lipinski definition) is 0. The molecule has 0 unspecified atom stereocenters. The monoisotopic (exact) mass is 295 g/mol. The lowest BCUT2D eigenvalue weighted by Gasteiger charge is -2.31. The van der Waals surface area contributed by atoms with E-state index in [2.05, 4.69) is 6.92 Å². The molecule has 0 saturated carbocycles. The molecule has 0 bridgehead atoms. The highest BCUT2D eigenvalue weighted by atomic mass is 35.5. The molecular formula is C16H22ClNO2. The van der Waals surface area contributed by atoms with Crippen molar-refractivity contribution in [2.24, 2.45) is 5.92 Å². The average Bonchev–Trinajstić information content (AvgIpc) is 2.45. The van der Waals surface area contributed by atoms with Crippen molar-refractivity contribution in [2.75, 3.05) is 19.7 Å². The van der Waals surface area contributed by atoms with E-state index >= 15 is 0 Å². The lowest BCUT2D eigenvalue weighted by Crippen LogP contribution is -2.39. The summed E-state index contributed by atoms with van der Waals surface area (Å²) in [6.45, 7) is 4.61. The highest BCUT2D eigenvalue weighted by molar-refractivity contribution is 6.30. The van der Waals surface area contributed by atoms with E-state index in [1.807, 2.05) is 17.0 Å². The first kappa shape index (κ1) is 15.2. The number of ether oxygens (including phenoxy) is 1. The van der Waals surface area contributed by atoms with Crippen molar-refractivity contribution in [3.05, 3.63) is 29.3 Å². The summed E-state index contributed by atoms with van der Waals surface area (Å²) in [7, 11) is 0. The Balaban J connectivity index is 1.65. The smallest absolute Gasteiger partial charge is 0.222 e. The van der Waals surface area contributed by atoms with Crippen LogP contribution >= 0.6 is 11.6 Å². The zero-order valence-corrected chi connectivity index (χ0v) is 12.7. The van der Waals surface area contributed by atoms with Gasteiger partial charge < -0.3 is 9.64 Å². The molecular weight excluding hydrogens is 274 g/mol. The van der Waals surface area contributed by atoms with Crippen LogP contribution in [0.15, 0.2) is 24.3 Å². The Morgan fingerprint density at radius 2 is 2.15 bits per heavy atom. The first-order chi connectivity index (χ1) is 9.65. The number of halogens is 1. The number of amides is 1. The van der Waals surface area contributed by atoms with Gasteiger partial charge >= 0.3 is 0 Å². The molecule has 1 heterocycles. The van der Waals surface area contributed by atoms with Crippen LogP contribution in [0.25, 0.3) is 0 Å². The predicted octanol–water partition coefficient (Wildman–Crippen LogP) is 3.76. The number of benzene rings is 1. The van der Waals surface area contributed by atoms with Crippen LogP contribution in [0.5, 0.6) is 5.75 Å². The van der Waals surface area contributed by atoms with Gasteiger partial charge in [-0.05, 0) is 49.4 Å². The van der Waals surface area contributed by atoms with Gasteiger partial charge in [-0.15, -0.1) is 0 Å². The molecule has 0 N–H and O–H groups in total. The highest BCUT2D eigenvalue weighted by Gasteiger charge is 2.20. The number of piperidine rings is 1. The Morgan fingerprint density at radius 1 is 1.40 bits per heavy atom. The summed E-state index contributed by atoms with van der Waals surface area (Å²) in [4.78, 5) is 14.0. The van der Waals surface area contributed by atoms with Gasteiger partial charge in [-0.3, -0.25) is 4.79 Å². The summed E-state index contributed by atoms with van der Waals surface area (Å²) < 4.78 is 5.59. The zero-order chi connectivity index (χ0) is 14.4. The van der Waals surface area contributed by atoms with Gasteiger partial charge in [0, 0.05) is 24.5 Å². The molecule has 2 rings (SSSR count). The molecule has 0 aromatic heterocycles. The minimum atomic E-state index is 0.260. The predicted molar refractivity (Wildman–Crippen MR) is 81.2 cm³/mol. The third-order valence-electron chi connectivity index (χ3n) is 3.63. The maximum atomic E-state index is 12.1. The quantitative estimate of drug-likeness (QED) is 0.774. The molecule has 1 atom stereocenters. The van der Waals surface area contributed by atoms with Crippen molar-refractivity contribution in [2.45, 2.75) is 32.6 Å². The fourth-order valence-corrected chi connectivity index (χ4v) is 2.64. The van der Waals surface area contributed by atoms with Crippen LogP contribution < -0.4 is 4.74 Å². The van der Waals surface area contributed by atoms with Gasteiger partial charge in [0.15, 0.2) is 0 Å². The first-order valence-electron chi connectivity index (χ1n) is 7.31. The van der Waals surface area contributed by atoms with E-state index in [0.29, 0.717) is 24.0 Å². The van der Waals surface area contributed by atoms with Crippen molar-refractivity contribution >= 4 is 17.5 Å². The van der Waals surface area contributed by atoms with Crippen LogP contribution in [0.1, 0.15) is 32.6 Å². The average molecular weight is 296 g/mol. The number of hydrogen-bond acceptors (Lipinski definition) is 2. The molecule has 1 aromatic carbocycles. The Labute approximate surface area is 125 Å². The maximum absolute atomic E-state index is 12.1. The highest BCUT2D eigenvalue weighted by Crippen LogP contribution is 2.17. The van der Waals surface area contributed by atoms with E-state index in [1.54, 1.807) is 12.1 Å². The Bertz CT molecular complexity index is 433. The second-order valence-electron chi connectivity index (χ2n) is 5.49. The minimum absolute atomic E-state index is 0.260. The number of rotatable bonds is 5. The second kappa shape index (κ2) is 7.53. The normalized spacial score (nSPS) is 18.9. The van der Waals surface area contributed by atoms with Crippen molar-refractivity contribution in [3.8, 4) is 5.75 Å². The maximum Gasteiger partial charge on any atom is 0.222 e. The summed E-state index contributed by atoms with van der Waals surface area (Å²) in [5.74, 6) is 1.70. The number of carbonyl (C=O) groups excluding carboxylic acids is 1. The molecule has 1 amide bonds. The van der Waals surface area contributed by atoms with E-state index < -0.39 is 0 Å². The lowest BCUT2D eigenvalue weighted by atomic mass is 10.00. The third-order valence-corrected chi connectivity index (χ3v) is 3.88. The van der Waals surface area contributed by atoms with E-state index in [9.17, 15) is 4.79 Å². The first-order valence-corrected chi connectivity index (χ1v) is 7.69. The molecule has 3 nitrogen and oxygen atoms in total. The number of likely N-dealkylation sites (tertiary alicyclic amines) is 1. The topological polar surface area (TPSA) is 29.5 Å². The van der Waals surface area contributed by atoms with Crippen molar-refractivity contribution in [1.29, 1.82) is 0 Å². The summed E-state index contributed by atoms with van der Waals surface area (Å²) in [6, 6.07) is 7.29. The van der Waals surface area contributed by atoms with Crippen LogP contribution in [-0.4, -0.2) is 30.5 Å². The van der Waals surface area contributed by atoms with E-state index in [1.165, 1.54) is 6.42 Å². The SMILES string of the molecule is C[C@H]1CCCN(C(=O)CCCOc2ccc(Cl)cc2)C1. The van der Waals surface area contributed by atoms with Crippen LogP contribution in [0.3, 0.4) is 0 Å². The van der Waals surface area contributed by atoms with Gasteiger partial charge in [-0.25, -0.2) is 0 Å². The molecule has 4 heteroatoms. The minimum Gasteiger partial charge on any atom is -0.494 e. The zero-order valence-electron chi connectivity index (χ0n) is 12.0. The van der Waals surface area contributed by atoms with Crippen molar-refractivity contribution in [1.82, 2.24) is 4.90 Å². The van der Waals surface area contributed by atoms with Crippen LogP contribution in [0, 0.1) is 5.92 Å². The standard InChI is InChI=1S/C16H22ClNO2/c1-13-4-2-10-18(12-13)16(19)5-3-11-20-15-8-6-14(17)7-9-15/h6-9,13H,2-5,10-12H2,1H3/t13-/m0/s1. The van der Waals surface area contributed by atoms with Crippen molar-refractivity contribution < 1.29 is 9.53 Å². The molecule has 1 saturated heterocycles. The largest absolute Gasteiger partial charge is 0.494 e. The molecule has 0 radical (unpaired) electrons. The van der Waals surface area contributed by atoms with Crippen molar-refractivity contribution in [3.63, 3.8) is 0 Å². The van der Waals surface area contributed by atoms with Gasteiger partial charge in [-0.1, -0.05) is 18.5 Å². The number of carbonyl (C=O) groups is 1. The number of nitrogens with zero attached hydrogens (tertiary/aromatic N) is 1. The molecule has 1 aliphatic heterocycles. The molecule has 1 fully saturated rings. The fourth-order valence-electron chi connectivity index (χ4n) is 2.52. The van der Waals surface area contributed by atoms with E-state index in [4.69, 9.17) is 16.3 Å². The Morgan fingerprint density at radius 3 is 2.85 bits per heavy atom. The summed E-state index contributed by atoms with van der Waals surface area (Å²) in [5, 5.41) is 0.701. The third kappa shape index (κ3) is 4.71. The van der Waals surface area contributed by atoms with Gasteiger partial charge in [0.05, 0.1) is 6.61 Å². The Hall–Kier alpha value is -1.22. The summed E-state index contributed by atoms with van der Waals surface area (Å²) >= 11 is 5.81. The van der Waals surface area contributed by atoms with Gasteiger partial charge in [-0.2, -0.15) is 0 Å². The summed E-state index contributed by atoms with van der Waals surface area (Å²) in [6.07, 6.45) is 3.70. The lowest BCUT2D eigenvalue weighted by molar-refractivity contribution is -0.133. The second-order valence-corrected chi connectivity index (χ2v) is 5.93. The van der Waals surface area contributed by atoms with E-state index in [0.717, 1.165) is 31.7 Å². The van der Waals surface area contributed by atoms with E-state index in [-0.39, 0.29) is 5.91 Å². The van der Waals surface area contributed by atoms with Gasteiger partial charge in [0.25, 0.3) is 0 Å². The molecule has 0 spiro atoms. The van der Waals surface area contributed by atoms with Gasteiger partial charge in [0.1, 0.15) is 5.75 Å².